The Balaban J connectivity index is 1.15. The van der Waals surface area contributed by atoms with Gasteiger partial charge in [0.2, 0.25) is 0 Å². The first-order valence-electron chi connectivity index (χ1n) is 19.0. The summed E-state index contributed by atoms with van der Waals surface area (Å²) in [6.07, 6.45) is 12.9. The van der Waals surface area contributed by atoms with E-state index in [9.17, 15) is 0 Å². The zero-order chi connectivity index (χ0) is 35.7. The molecule has 0 radical (unpaired) electrons. The minimum Gasteiger partial charge on any atom is -0.380 e. The second-order valence-corrected chi connectivity index (χ2v) is 14.8. The van der Waals surface area contributed by atoms with Crippen LogP contribution in [0.4, 0.5) is 0 Å². The van der Waals surface area contributed by atoms with Crippen molar-refractivity contribution in [3.63, 3.8) is 0 Å². The average Bonchev–Trinajstić information content (AvgIpc) is 3.57. The van der Waals surface area contributed by atoms with Gasteiger partial charge in [0.1, 0.15) is 0 Å². The van der Waals surface area contributed by atoms with E-state index in [1.54, 1.807) is 0 Å². The quantitative estimate of drug-likeness (QED) is 0.190. The van der Waals surface area contributed by atoms with Crippen molar-refractivity contribution < 1.29 is 0 Å². The zero-order valence-corrected chi connectivity index (χ0v) is 29.8. The van der Waals surface area contributed by atoms with Crippen LogP contribution in [0.3, 0.4) is 0 Å². The summed E-state index contributed by atoms with van der Waals surface area (Å²) in [6, 6.07) is 66.4. The predicted molar refractivity (Wildman–Crippen MR) is 222 cm³/mol. The number of allylic oxidation sites excluding steroid dienone is 4. The molecule has 0 saturated carbocycles. The van der Waals surface area contributed by atoms with Gasteiger partial charge in [-0.05, 0) is 102 Å². The third kappa shape index (κ3) is 4.15. The molecule has 3 aliphatic carbocycles. The van der Waals surface area contributed by atoms with E-state index in [1.165, 1.54) is 83.5 Å². The highest BCUT2D eigenvalue weighted by Gasteiger charge is 2.57. The maximum Gasteiger partial charge on any atom is 0.0768 e. The normalized spacial score (nSPS) is 21.1. The van der Waals surface area contributed by atoms with E-state index in [4.69, 9.17) is 0 Å². The Morgan fingerprint density at radius 2 is 1.00 bits per heavy atom. The van der Waals surface area contributed by atoms with Gasteiger partial charge in [-0.15, -0.1) is 0 Å². The second-order valence-electron chi connectivity index (χ2n) is 14.8. The lowest BCUT2D eigenvalue weighted by molar-refractivity contribution is 0.627. The highest BCUT2D eigenvalue weighted by molar-refractivity contribution is 5.92. The Labute approximate surface area is 317 Å². The van der Waals surface area contributed by atoms with Gasteiger partial charge in [0.15, 0.2) is 0 Å². The molecule has 0 spiro atoms. The Bertz CT molecular complexity index is 2730. The number of rotatable bonds is 5. The summed E-state index contributed by atoms with van der Waals surface area (Å²) in [5.74, 6) is 0. The minimum atomic E-state index is -0.568. The van der Waals surface area contributed by atoms with Gasteiger partial charge in [-0.2, -0.15) is 0 Å². The van der Waals surface area contributed by atoms with Crippen LogP contribution in [-0.2, 0) is 10.8 Å². The largest absolute Gasteiger partial charge is 0.380 e. The van der Waals surface area contributed by atoms with Crippen molar-refractivity contribution in [2.24, 2.45) is 0 Å². The highest BCUT2D eigenvalue weighted by Crippen LogP contribution is 2.65. The summed E-state index contributed by atoms with van der Waals surface area (Å²) in [4.78, 5) is 0. The molecule has 0 bridgehead atoms. The molecule has 1 heteroatoms. The van der Waals surface area contributed by atoms with Gasteiger partial charge >= 0.3 is 0 Å². The fourth-order valence-corrected chi connectivity index (χ4v) is 10.2. The van der Waals surface area contributed by atoms with Crippen LogP contribution in [0.2, 0.25) is 0 Å². The summed E-state index contributed by atoms with van der Waals surface area (Å²) in [5.41, 5.74) is 18.4. The van der Waals surface area contributed by atoms with Gasteiger partial charge in [-0.25, -0.2) is 0 Å². The van der Waals surface area contributed by atoms with E-state index in [0.717, 1.165) is 0 Å². The standard InChI is InChI=1S/C53H37N/c1-3-18-40(19-4-1)52(42-22-11-16-39(35-42)36-30-32-37(33-31-36)43-24-12-15-38-17-14-34-54-51(38)43)47-27-9-10-28-48(47)53(41-20-5-2-6-21-41)46-26-8-7-23-44(46)45-25-13-29-49(52)50(45)53/h1-35,51,54H. The van der Waals surface area contributed by atoms with E-state index in [2.05, 4.69) is 212 Å². The molecule has 1 nitrogen and oxygen atoms in total. The predicted octanol–water partition coefficient (Wildman–Crippen LogP) is 11.8. The number of benzene rings is 7. The van der Waals surface area contributed by atoms with Crippen LogP contribution in [0, 0.1) is 0 Å². The van der Waals surface area contributed by atoms with Crippen molar-refractivity contribution in [3.05, 3.63) is 268 Å². The fraction of sp³-hybridized carbons (Fsp3) is 0.0566. The van der Waals surface area contributed by atoms with Crippen LogP contribution in [0.15, 0.2) is 218 Å². The molecule has 4 aliphatic rings. The fourth-order valence-electron chi connectivity index (χ4n) is 10.2. The molecule has 7 aromatic carbocycles. The molecule has 1 aliphatic heterocycles. The summed E-state index contributed by atoms with van der Waals surface area (Å²) in [5, 5.41) is 3.56. The lowest BCUT2D eigenvalue weighted by Crippen LogP contribution is -2.44. The van der Waals surface area contributed by atoms with Crippen LogP contribution in [0.5, 0.6) is 0 Å². The topological polar surface area (TPSA) is 12.0 Å². The molecule has 0 fully saturated rings. The second kappa shape index (κ2) is 11.9. The number of hydrogen-bond donors (Lipinski definition) is 1. The monoisotopic (exact) mass is 687 g/mol. The summed E-state index contributed by atoms with van der Waals surface area (Å²) in [7, 11) is 0. The van der Waals surface area contributed by atoms with Crippen LogP contribution in [0.25, 0.3) is 27.8 Å². The molecule has 11 rings (SSSR count). The van der Waals surface area contributed by atoms with E-state index in [0.29, 0.717) is 0 Å². The molecule has 54 heavy (non-hydrogen) atoms. The minimum absolute atomic E-state index is 0.174. The first-order chi connectivity index (χ1) is 26.8. The van der Waals surface area contributed by atoms with E-state index < -0.39 is 10.8 Å². The Kier molecular flexibility index (Phi) is 6.81. The Morgan fingerprint density at radius 3 is 1.78 bits per heavy atom. The van der Waals surface area contributed by atoms with Gasteiger partial charge in [0.05, 0.1) is 16.9 Å². The van der Waals surface area contributed by atoms with Crippen molar-refractivity contribution in [1.29, 1.82) is 0 Å². The van der Waals surface area contributed by atoms with Crippen molar-refractivity contribution in [3.8, 4) is 22.3 Å². The van der Waals surface area contributed by atoms with Gasteiger partial charge in [-0.1, -0.05) is 194 Å². The van der Waals surface area contributed by atoms with E-state index in [1.807, 2.05) is 6.20 Å². The Morgan fingerprint density at radius 1 is 0.407 bits per heavy atom. The average molecular weight is 688 g/mol. The molecule has 0 amide bonds. The first-order valence-corrected chi connectivity index (χ1v) is 19.0. The highest BCUT2D eigenvalue weighted by atomic mass is 14.9. The number of nitrogens with one attached hydrogen (secondary N) is 1. The summed E-state index contributed by atoms with van der Waals surface area (Å²) < 4.78 is 0. The molecule has 254 valence electrons. The van der Waals surface area contributed by atoms with Crippen molar-refractivity contribution >= 4 is 5.57 Å². The third-order valence-electron chi connectivity index (χ3n) is 12.3. The number of fused-ring (bicyclic) bond motifs is 6. The van der Waals surface area contributed by atoms with E-state index >= 15 is 0 Å². The molecule has 0 saturated heterocycles. The first kappa shape index (κ1) is 30.9. The van der Waals surface area contributed by atoms with Crippen LogP contribution in [-0.4, -0.2) is 6.04 Å². The summed E-state index contributed by atoms with van der Waals surface area (Å²) in [6.45, 7) is 0. The van der Waals surface area contributed by atoms with Gasteiger partial charge in [0, 0.05) is 0 Å². The maximum atomic E-state index is 3.56. The molecule has 7 aromatic rings. The Hall–Kier alpha value is -6.70. The number of hydrogen-bond acceptors (Lipinski definition) is 1. The summed E-state index contributed by atoms with van der Waals surface area (Å²) >= 11 is 0. The van der Waals surface area contributed by atoms with E-state index in [-0.39, 0.29) is 6.04 Å². The lowest BCUT2D eigenvalue weighted by Gasteiger charge is -2.49. The van der Waals surface area contributed by atoms with Crippen molar-refractivity contribution in [2.45, 2.75) is 16.9 Å². The van der Waals surface area contributed by atoms with Gasteiger partial charge in [0.25, 0.3) is 0 Å². The molecule has 3 atom stereocenters. The van der Waals surface area contributed by atoms with Crippen LogP contribution in [0.1, 0.15) is 50.1 Å². The van der Waals surface area contributed by atoms with Crippen LogP contribution < -0.4 is 5.32 Å². The maximum absolute atomic E-state index is 3.56. The molecular weight excluding hydrogens is 651 g/mol. The van der Waals surface area contributed by atoms with Crippen molar-refractivity contribution in [2.75, 3.05) is 0 Å². The van der Waals surface area contributed by atoms with Gasteiger partial charge < -0.3 is 5.32 Å². The molecule has 0 aromatic heterocycles. The zero-order valence-electron chi connectivity index (χ0n) is 29.8. The molecule has 1 heterocycles. The number of dihydropyridines is 1. The molecule has 1 N–H and O–H groups in total. The van der Waals surface area contributed by atoms with Gasteiger partial charge in [-0.3, -0.25) is 0 Å². The molecular formula is C53H37N. The molecule has 3 unspecified atom stereocenters. The smallest absolute Gasteiger partial charge is 0.0768 e. The SMILES string of the molecule is C1=CNC2C(=C1)C=CC=C2c1ccc(-c2cccc(C3(c4ccccc4)c4ccccc4C4(c5ccccc5)c5ccccc5-c5cccc3c54)c2)cc1. The van der Waals surface area contributed by atoms with Crippen LogP contribution >= 0.6 is 0 Å². The lowest BCUT2D eigenvalue weighted by atomic mass is 9.51. The third-order valence-corrected chi connectivity index (χ3v) is 12.3. The van der Waals surface area contributed by atoms with Crippen molar-refractivity contribution in [1.82, 2.24) is 5.32 Å².